The lowest BCUT2D eigenvalue weighted by molar-refractivity contribution is 0.504. The van der Waals surface area contributed by atoms with Crippen molar-refractivity contribution >= 4 is 65.2 Å². The minimum absolute atomic E-state index is 0.00985. The fraction of sp³-hybridized carbons (Fsp3) is 0.0741. The van der Waals surface area contributed by atoms with Crippen LogP contribution in [0, 0.1) is 0 Å². The molecule has 4 nitrogen and oxygen atoms in total. The van der Waals surface area contributed by atoms with Gasteiger partial charge in [-0.15, -0.1) is 0 Å². The Hall–Kier alpha value is -6.98. The summed E-state index contributed by atoms with van der Waals surface area (Å²) in [6.07, 6.45) is -0.221. The first-order chi connectivity index (χ1) is 28.7. The highest BCUT2D eigenvalue weighted by Crippen LogP contribution is 2.43. The van der Waals surface area contributed by atoms with Crippen LogP contribution >= 0.6 is 0 Å². The van der Waals surface area contributed by atoms with Crippen molar-refractivity contribution in [2.75, 3.05) is 10.6 Å². The molecule has 0 fully saturated rings. The van der Waals surface area contributed by atoms with Crippen LogP contribution in [0.1, 0.15) is 57.8 Å². The van der Waals surface area contributed by atoms with Crippen LogP contribution < -0.4 is 21.3 Å². The van der Waals surface area contributed by atoms with Crippen molar-refractivity contribution in [3.8, 4) is 0 Å². The number of hydrogen-bond donors (Lipinski definition) is 4. The molecule has 0 bridgehead atoms. The van der Waals surface area contributed by atoms with Gasteiger partial charge < -0.3 is 10.6 Å². The Morgan fingerprint density at radius 1 is 0.276 bits per heavy atom. The molecule has 0 saturated heterocycles. The third-order valence-corrected chi connectivity index (χ3v) is 12.6. The second-order valence-electron chi connectivity index (χ2n) is 15.9. The van der Waals surface area contributed by atoms with E-state index in [1.807, 2.05) is 0 Å². The smallest absolute Gasteiger partial charge is 0.105 e. The summed E-state index contributed by atoms with van der Waals surface area (Å²) in [5.74, 6) is 0. The summed E-state index contributed by atoms with van der Waals surface area (Å²) >= 11 is 0. The average Bonchev–Trinajstić information content (AvgIpc) is 3.30. The van der Waals surface area contributed by atoms with E-state index in [-0.39, 0.29) is 24.4 Å². The number of fused-ring (bicyclic) bond motifs is 9. The molecule has 2 heterocycles. The van der Waals surface area contributed by atoms with Crippen molar-refractivity contribution < 1.29 is 0 Å². The van der Waals surface area contributed by atoms with Gasteiger partial charge in [-0.1, -0.05) is 170 Å². The van der Waals surface area contributed by atoms with Gasteiger partial charge in [0, 0.05) is 11.4 Å². The van der Waals surface area contributed by atoms with Gasteiger partial charge in [-0.2, -0.15) is 0 Å². The molecular weight excluding hydrogens is 705 g/mol. The largest absolute Gasteiger partial charge is 0.366 e. The Morgan fingerprint density at radius 3 is 1.14 bits per heavy atom. The molecule has 12 rings (SSSR count). The van der Waals surface area contributed by atoms with Crippen LogP contribution in [-0.2, 0) is 0 Å². The molecule has 2 aliphatic rings. The molecule has 0 saturated carbocycles. The summed E-state index contributed by atoms with van der Waals surface area (Å²) in [7, 11) is 0. The summed E-state index contributed by atoms with van der Waals surface area (Å²) in [4.78, 5) is 0. The first-order valence-corrected chi connectivity index (χ1v) is 20.3. The Morgan fingerprint density at radius 2 is 0.655 bits per heavy atom. The Kier molecular flexibility index (Phi) is 7.62. The number of anilines is 2. The van der Waals surface area contributed by atoms with Crippen LogP contribution in [0.2, 0.25) is 0 Å². The first kappa shape index (κ1) is 33.2. The zero-order valence-corrected chi connectivity index (χ0v) is 31.8. The average molecular weight is 745 g/mol. The number of para-hydroxylation sites is 2. The summed E-state index contributed by atoms with van der Waals surface area (Å²) in [6.45, 7) is 0. The SMILES string of the molecule is c1ccc2c(c1)NC(c1ccc(C3Nc4ccccc4C(c4ccc5c(ccc6ccccc65)c4)N3)c3ccccc13)NC2c1ccc2c(ccc3ccccc32)c1. The molecule has 10 aromatic rings. The highest BCUT2D eigenvalue weighted by atomic mass is 15.2. The van der Waals surface area contributed by atoms with Crippen LogP contribution in [0.5, 0.6) is 0 Å². The second-order valence-corrected chi connectivity index (χ2v) is 15.9. The Balaban J connectivity index is 0.921. The molecule has 276 valence electrons. The molecular formula is C54H40N4. The van der Waals surface area contributed by atoms with E-state index in [0.717, 1.165) is 11.4 Å². The highest BCUT2D eigenvalue weighted by Gasteiger charge is 2.32. The molecule has 58 heavy (non-hydrogen) atoms. The van der Waals surface area contributed by atoms with E-state index < -0.39 is 0 Å². The van der Waals surface area contributed by atoms with Gasteiger partial charge in [0.2, 0.25) is 0 Å². The monoisotopic (exact) mass is 744 g/mol. The number of hydrogen-bond acceptors (Lipinski definition) is 4. The minimum atomic E-state index is -0.111. The molecule has 2 aliphatic heterocycles. The van der Waals surface area contributed by atoms with Crippen LogP contribution in [0.4, 0.5) is 11.4 Å². The van der Waals surface area contributed by atoms with Gasteiger partial charge >= 0.3 is 0 Å². The number of rotatable bonds is 4. The number of nitrogens with one attached hydrogen (secondary N) is 4. The quantitative estimate of drug-likeness (QED) is 0.136. The van der Waals surface area contributed by atoms with Gasteiger partial charge in [0.15, 0.2) is 0 Å². The van der Waals surface area contributed by atoms with E-state index in [1.54, 1.807) is 0 Å². The number of benzene rings is 10. The van der Waals surface area contributed by atoms with E-state index in [9.17, 15) is 0 Å². The lowest BCUT2D eigenvalue weighted by Gasteiger charge is -2.37. The molecule has 4 heteroatoms. The predicted molar refractivity (Wildman–Crippen MR) is 242 cm³/mol. The summed E-state index contributed by atoms with van der Waals surface area (Å²) in [5.41, 5.74) is 9.77. The summed E-state index contributed by atoms with van der Waals surface area (Å²) < 4.78 is 0. The van der Waals surface area contributed by atoms with Gasteiger partial charge in [-0.05, 0) is 112 Å². The molecule has 0 spiro atoms. The van der Waals surface area contributed by atoms with Crippen LogP contribution in [-0.4, -0.2) is 0 Å². The Labute approximate surface area is 337 Å². The fourth-order valence-electron chi connectivity index (χ4n) is 9.83. The minimum Gasteiger partial charge on any atom is -0.366 e. The Bertz CT molecular complexity index is 3020. The molecule has 4 atom stereocenters. The van der Waals surface area contributed by atoms with Crippen molar-refractivity contribution in [1.82, 2.24) is 10.6 Å². The zero-order valence-electron chi connectivity index (χ0n) is 31.8. The van der Waals surface area contributed by atoms with Gasteiger partial charge in [0.1, 0.15) is 12.3 Å². The lowest BCUT2D eigenvalue weighted by Crippen LogP contribution is -2.38. The van der Waals surface area contributed by atoms with Crippen LogP contribution in [0.15, 0.2) is 194 Å². The van der Waals surface area contributed by atoms with Gasteiger partial charge in [0.25, 0.3) is 0 Å². The molecule has 0 aromatic heterocycles. The van der Waals surface area contributed by atoms with E-state index in [4.69, 9.17) is 0 Å². The standard InChI is InChI=1S/C54H40N4/c1-3-13-39-33(11-1)21-23-35-31-37(25-27-41(35)39)51-47-17-7-9-19-49(47)55-53(57-51)45-29-30-46(44-16-6-5-15-43(44)45)54-56-50-20-10-8-18-48(50)52(58-54)38-26-28-42-36(32-38)24-22-34-12-2-4-14-40(34)42/h1-32,51-58H. The maximum Gasteiger partial charge on any atom is 0.105 e. The third kappa shape index (κ3) is 5.37. The molecule has 0 radical (unpaired) electrons. The lowest BCUT2D eigenvalue weighted by atomic mass is 9.89. The van der Waals surface area contributed by atoms with Crippen molar-refractivity contribution in [3.05, 3.63) is 228 Å². The van der Waals surface area contributed by atoms with E-state index in [0.29, 0.717) is 0 Å². The molecule has 4 unspecified atom stereocenters. The molecule has 0 aliphatic carbocycles. The van der Waals surface area contributed by atoms with Gasteiger partial charge in [-0.3, -0.25) is 10.6 Å². The van der Waals surface area contributed by atoms with Crippen molar-refractivity contribution in [2.45, 2.75) is 24.4 Å². The molecule has 10 aromatic carbocycles. The first-order valence-electron chi connectivity index (χ1n) is 20.3. The second kappa shape index (κ2) is 13.3. The molecule has 0 amide bonds. The van der Waals surface area contributed by atoms with Crippen molar-refractivity contribution in [3.63, 3.8) is 0 Å². The van der Waals surface area contributed by atoms with E-state index in [1.165, 1.54) is 87.2 Å². The van der Waals surface area contributed by atoms with Crippen molar-refractivity contribution in [1.29, 1.82) is 0 Å². The van der Waals surface area contributed by atoms with E-state index >= 15 is 0 Å². The maximum atomic E-state index is 4.06. The van der Waals surface area contributed by atoms with Crippen LogP contribution in [0.25, 0.3) is 53.9 Å². The summed E-state index contributed by atoms with van der Waals surface area (Å²) in [5, 5.41) is 28.5. The third-order valence-electron chi connectivity index (χ3n) is 12.6. The van der Waals surface area contributed by atoms with Crippen LogP contribution in [0.3, 0.4) is 0 Å². The topological polar surface area (TPSA) is 48.1 Å². The highest BCUT2D eigenvalue weighted by molar-refractivity contribution is 6.08. The van der Waals surface area contributed by atoms with Crippen molar-refractivity contribution in [2.24, 2.45) is 0 Å². The molecule has 4 N–H and O–H groups in total. The predicted octanol–water partition coefficient (Wildman–Crippen LogP) is 13.1. The maximum absolute atomic E-state index is 4.06. The van der Waals surface area contributed by atoms with Gasteiger partial charge in [0.05, 0.1) is 12.1 Å². The zero-order chi connectivity index (χ0) is 38.2. The van der Waals surface area contributed by atoms with E-state index in [2.05, 4.69) is 215 Å². The normalized spacial score (nSPS) is 18.8. The summed E-state index contributed by atoms with van der Waals surface area (Å²) in [6, 6.07) is 71.2. The van der Waals surface area contributed by atoms with Gasteiger partial charge in [-0.25, -0.2) is 0 Å². The fourth-order valence-corrected chi connectivity index (χ4v) is 9.83.